The molecule has 0 aromatic heterocycles. The minimum absolute atomic E-state index is 0. The van der Waals surface area contributed by atoms with E-state index in [0.717, 1.165) is 6.92 Å². The summed E-state index contributed by atoms with van der Waals surface area (Å²) in [5, 5.41) is 16.2. The molecular formula is C12H16CaO5. The molecule has 2 N–H and O–H groups in total. The molecule has 5 nitrogen and oxygen atoms in total. The van der Waals surface area contributed by atoms with Crippen molar-refractivity contribution in [3.05, 3.63) is 42.5 Å². The Labute approximate surface area is 138 Å². The number of para-hydroxylation sites is 1. The van der Waals surface area contributed by atoms with E-state index in [1.54, 1.807) is 24.3 Å². The summed E-state index contributed by atoms with van der Waals surface area (Å²) >= 11 is 0. The van der Waals surface area contributed by atoms with Crippen LogP contribution in [0.1, 0.15) is 20.1 Å². The van der Waals surface area contributed by atoms with Crippen LogP contribution < -0.4 is 4.74 Å². The Morgan fingerprint density at radius 2 is 1.89 bits per heavy atom. The number of carbonyl (C=O) groups is 2. The van der Waals surface area contributed by atoms with E-state index in [0.29, 0.717) is 12.4 Å². The molecule has 18 heavy (non-hydrogen) atoms. The Balaban J connectivity index is -0.000000164. The second kappa shape index (κ2) is 11.1. The van der Waals surface area contributed by atoms with Crippen LogP contribution in [0.4, 0.5) is 0 Å². The van der Waals surface area contributed by atoms with Gasteiger partial charge in [0.15, 0.2) is 0 Å². The van der Waals surface area contributed by atoms with Gasteiger partial charge in [0.1, 0.15) is 17.9 Å². The monoisotopic (exact) mass is 280 g/mol. The topological polar surface area (TPSA) is 83.8 Å². The van der Waals surface area contributed by atoms with Crippen molar-refractivity contribution in [2.75, 3.05) is 6.61 Å². The Morgan fingerprint density at radius 3 is 2.33 bits per heavy atom. The van der Waals surface area contributed by atoms with E-state index in [9.17, 15) is 4.79 Å². The third kappa shape index (κ3) is 9.04. The van der Waals surface area contributed by atoms with Crippen molar-refractivity contribution in [3.8, 4) is 5.75 Å². The largest absolute Gasteiger partial charge is 2.00 e. The van der Waals surface area contributed by atoms with Gasteiger partial charge in [-0.3, -0.25) is 4.79 Å². The predicted molar refractivity (Wildman–Crippen MR) is 70.4 cm³/mol. The van der Waals surface area contributed by atoms with Crippen molar-refractivity contribution in [3.63, 3.8) is 0 Å². The Bertz CT molecular complexity index is 409. The van der Waals surface area contributed by atoms with Crippen LogP contribution in [0, 0.1) is 0 Å². The molecule has 1 rings (SSSR count). The number of rotatable bonds is 4. The Kier molecular flexibility index (Phi) is 11.9. The van der Waals surface area contributed by atoms with Gasteiger partial charge in [0.05, 0.1) is 0 Å². The predicted octanol–water partition coefficient (Wildman–Crippen LogP) is 1.88. The van der Waals surface area contributed by atoms with Gasteiger partial charge in [-0.1, -0.05) is 24.8 Å². The summed E-state index contributed by atoms with van der Waals surface area (Å²) in [5.41, 5.74) is 0.171. The van der Waals surface area contributed by atoms with Gasteiger partial charge in [-0.25, -0.2) is 4.79 Å². The van der Waals surface area contributed by atoms with Crippen LogP contribution >= 0.6 is 0 Å². The first-order valence-corrected chi connectivity index (χ1v) is 4.74. The van der Waals surface area contributed by atoms with Crippen molar-refractivity contribution < 1.29 is 27.4 Å². The molecule has 0 unspecified atom stereocenters. The number of hydrogen-bond acceptors (Lipinski definition) is 3. The van der Waals surface area contributed by atoms with E-state index in [-0.39, 0.29) is 46.2 Å². The van der Waals surface area contributed by atoms with Gasteiger partial charge in [0, 0.05) is 6.92 Å². The van der Waals surface area contributed by atoms with Crippen molar-refractivity contribution in [1.29, 1.82) is 0 Å². The molecule has 1 aromatic carbocycles. The molecule has 0 aliphatic rings. The van der Waals surface area contributed by atoms with Crippen LogP contribution in [0.15, 0.2) is 36.9 Å². The minimum atomic E-state index is -0.986. The fraction of sp³-hybridized carbons (Fsp3) is 0.167. The number of benzene rings is 1. The molecule has 96 valence electrons. The first kappa shape index (κ1) is 19.3. The zero-order valence-electron chi connectivity index (χ0n) is 12.1. The average molecular weight is 280 g/mol. The molecule has 0 atom stereocenters. The zero-order chi connectivity index (χ0) is 13.3. The summed E-state index contributed by atoms with van der Waals surface area (Å²) in [4.78, 5) is 19.7. The van der Waals surface area contributed by atoms with E-state index in [1.807, 2.05) is 0 Å². The van der Waals surface area contributed by atoms with Crippen LogP contribution in [0.5, 0.6) is 5.75 Å². The fourth-order valence-electron chi connectivity index (χ4n) is 0.918. The molecule has 0 amide bonds. The summed E-state index contributed by atoms with van der Waals surface area (Å²) in [5.74, 6) is -1.45. The van der Waals surface area contributed by atoms with E-state index >= 15 is 0 Å². The van der Waals surface area contributed by atoms with Gasteiger partial charge in [0.2, 0.25) is 0 Å². The van der Waals surface area contributed by atoms with Crippen molar-refractivity contribution in [1.82, 2.24) is 0 Å². The van der Waals surface area contributed by atoms with Crippen LogP contribution in [0.25, 0.3) is 0 Å². The molecule has 0 bridgehead atoms. The van der Waals surface area contributed by atoms with E-state index in [2.05, 4.69) is 6.58 Å². The maximum atomic E-state index is 10.7. The summed E-state index contributed by atoms with van der Waals surface area (Å²) in [6, 6.07) is 6.50. The number of carboxylic acids is 2. The first-order chi connectivity index (χ1) is 7.99. The molecular weight excluding hydrogens is 264 g/mol. The van der Waals surface area contributed by atoms with Gasteiger partial charge in [-0.15, -0.1) is 0 Å². The summed E-state index contributed by atoms with van der Waals surface area (Å²) in [7, 11) is 0. The normalized spacial score (nSPS) is 8.06. The summed E-state index contributed by atoms with van der Waals surface area (Å²) < 4.78 is 5.15. The molecule has 0 heterocycles. The summed E-state index contributed by atoms with van der Waals surface area (Å²) in [6.45, 7) is 4.87. The molecule has 0 radical (unpaired) electrons. The SMILES string of the molecule is C=CCOc1ccccc1C(=O)O.CC(=O)O.[Ca+2].[H-].[H-]. The third-order valence-corrected chi connectivity index (χ3v) is 1.47. The van der Waals surface area contributed by atoms with Crippen LogP contribution in [0.3, 0.4) is 0 Å². The standard InChI is InChI=1S/C10H10O3.C2H4O2.Ca.2H/c1-2-7-13-9-6-4-3-5-8(9)10(11)12;1-2(3)4;;;/h2-6H,1,7H2,(H,11,12);1H3,(H,3,4);;;/q;;+2;2*-1. The second-order valence-corrected chi connectivity index (χ2v) is 2.92. The molecule has 6 heteroatoms. The van der Waals surface area contributed by atoms with Crippen molar-refractivity contribution >= 4 is 49.7 Å². The van der Waals surface area contributed by atoms with Crippen molar-refractivity contribution in [2.45, 2.75) is 6.92 Å². The zero-order valence-corrected chi connectivity index (χ0v) is 12.3. The number of aromatic carboxylic acids is 1. The first-order valence-electron chi connectivity index (χ1n) is 4.74. The number of hydrogen-bond donors (Lipinski definition) is 2. The molecule has 0 aliphatic carbocycles. The summed E-state index contributed by atoms with van der Waals surface area (Å²) in [6.07, 6.45) is 1.57. The van der Waals surface area contributed by atoms with Gasteiger partial charge in [0.25, 0.3) is 5.97 Å². The molecule has 0 aliphatic heterocycles. The quantitative estimate of drug-likeness (QED) is 0.650. The van der Waals surface area contributed by atoms with Crippen LogP contribution in [0.2, 0.25) is 0 Å². The Morgan fingerprint density at radius 1 is 1.39 bits per heavy atom. The van der Waals surface area contributed by atoms with Crippen LogP contribution in [-0.4, -0.2) is 66.5 Å². The van der Waals surface area contributed by atoms with Gasteiger partial charge < -0.3 is 17.8 Å². The molecule has 0 spiro atoms. The number of aliphatic carboxylic acids is 1. The van der Waals surface area contributed by atoms with E-state index < -0.39 is 11.9 Å². The van der Waals surface area contributed by atoms with Crippen molar-refractivity contribution in [2.24, 2.45) is 0 Å². The molecule has 0 fully saturated rings. The molecule has 1 aromatic rings. The van der Waals surface area contributed by atoms with Gasteiger partial charge in [-0.05, 0) is 12.1 Å². The second-order valence-electron chi connectivity index (χ2n) is 2.92. The van der Waals surface area contributed by atoms with Gasteiger partial charge in [-0.2, -0.15) is 0 Å². The number of carboxylic acid groups (broad SMARTS) is 2. The number of ether oxygens (including phenoxy) is 1. The fourth-order valence-corrected chi connectivity index (χ4v) is 0.918. The molecule has 0 saturated heterocycles. The maximum Gasteiger partial charge on any atom is 2.00 e. The average Bonchev–Trinajstić information content (AvgIpc) is 2.25. The van der Waals surface area contributed by atoms with Crippen LogP contribution in [-0.2, 0) is 4.79 Å². The minimum Gasteiger partial charge on any atom is -1.00 e. The van der Waals surface area contributed by atoms with Gasteiger partial charge >= 0.3 is 43.7 Å². The molecule has 0 saturated carbocycles. The smallest absolute Gasteiger partial charge is 1.00 e. The Hall–Kier alpha value is -1.04. The maximum absolute atomic E-state index is 10.7. The van der Waals surface area contributed by atoms with E-state index in [4.69, 9.17) is 19.7 Å². The van der Waals surface area contributed by atoms with E-state index in [1.165, 1.54) is 6.07 Å². The third-order valence-electron chi connectivity index (χ3n) is 1.47.